The summed E-state index contributed by atoms with van der Waals surface area (Å²) in [5.41, 5.74) is 1.93. The maximum Gasteiger partial charge on any atom is 0.264 e. The molecule has 21 heavy (non-hydrogen) atoms. The van der Waals surface area contributed by atoms with E-state index in [9.17, 15) is 0 Å². The molecule has 1 saturated heterocycles. The zero-order valence-electron chi connectivity index (χ0n) is 12.3. The molecule has 0 aliphatic carbocycles. The van der Waals surface area contributed by atoms with Crippen molar-refractivity contribution in [2.75, 3.05) is 13.2 Å². The van der Waals surface area contributed by atoms with E-state index in [2.05, 4.69) is 22.0 Å². The summed E-state index contributed by atoms with van der Waals surface area (Å²) < 4.78 is 16.3. The largest absolute Gasteiger partial charge is 0.482 e. The Hall–Kier alpha value is -1.95. The number of rotatable bonds is 5. The van der Waals surface area contributed by atoms with Gasteiger partial charge in [-0.2, -0.15) is 4.98 Å². The molecule has 0 amide bonds. The van der Waals surface area contributed by atoms with Crippen LogP contribution >= 0.6 is 0 Å². The van der Waals surface area contributed by atoms with Gasteiger partial charge in [-0.15, -0.1) is 0 Å². The van der Waals surface area contributed by atoms with Gasteiger partial charge >= 0.3 is 0 Å². The van der Waals surface area contributed by atoms with Crippen LogP contribution in [-0.2, 0) is 17.8 Å². The van der Waals surface area contributed by atoms with E-state index < -0.39 is 0 Å². The third kappa shape index (κ3) is 3.21. The molecule has 0 N–H and O–H groups in total. The Balaban J connectivity index is 1.65. The molecule has 1 atom stereocenters. The number of aromatic nitrogens is 3. The highest BCUT2D eigenvalue weighted by Crippen LogP contribution is 2.23. The van der Waals surface area contributed by atoms with Crippen LogP contribution in [0.15, 0.2) is 16.7 Å². The van der Waals surface area contributed by atoms with Crippen molar-refractivity contribution in [2.24, 2.45) is 0 Å². The van der Waals surface area contributed by atoms with Crippen molar-refractivity contribution in [1.29, 1.82) is 0 Å². The number of hydrogen-bond donors (Lipinski definition) is 0. The molecule has 0 bridgehead atoms. The van der Waals surface area contributed by atoms with Gasteiger partial charge in [0.05, 0.1) is 12.3 Å². The average molecular weight is 289 g/mol. The number of aryl methyl sites for hydroxylation is 2. The topological polar surface area (TPSA) is 70.3 Å². The van der Waals surface area contributed by atoms with E-state index in [-0.39, 0.29) is 12.5 Å². The van der Waals surface area contributed by atoms with Gasteiger partial charge in [-0.05, 0) is 31.9 Å². The highest BCUT2D eigenvalue weighted by Gasteiger charge is 2.23. The van der Waals surface area contributed by atoms with Gasteiger partial charge in [0, 0.05) is 18.2 Å². The van der Waals surface area contributed by atoms with Crippen molar-refractivity contribution in [3.05, 3.63) is 35.2 Å². The van der Waals surface area contributed by atoms with Gasteiger partial charge in [0.1, 0.15) is 5.75 Å². The third-order valence-corrected chi connectivity index (χ3v) is 3.54. The van der Waals surface area contributed by atoms with Crippen molar-refractivity contribution in [1.82, 2.24) is 15.1 Å². The molecule has 112 valence electrons. The van der Waals surface area contributed by atoms with Crippen LogP contribution in [0.5, 0.6) is 5.75 Å². The van der Waals surface area contributed by atoms with E-state index in [1.807, 2.05) is 19.1 Å². The molecule has 0 spiro atoms. The monoisotopic (exact) mass is 289 g/mol. The fourth-order valence-electron chi connectivity index (χ4n) is 2.35. The number of hydrogen-bond acceptors (Lipinski definition) is 6. The molecule has 6 heteroatoms. The minimum Gasteiger partial charge on any atom is -0.482 e. The normalized spacial score (nSPS) is 18.1. The van der Waals surface area contributed by atoms with Gasteiger partial charge in [-0.25, -0.2) is 0 Å². The van der Waals surface area contributed by atoms with Gasteiger partial charge in [0.2, 0.25) is 0 Å². The molecule has 2 aromatic heterocycles. The number of ether oxygens (including phenoxy) is 2. The molecule has 1 aliphatic heterocycles. The first-order chi connectivity index (χ1) is 10.3. The Kier molecular flexibility index (Phi) is 4.15. The molecule has 2 aromatic rings. The van der Waals surface area contributed by atoms with Crippen molar-refractivity contribution >= 4 is 0 Å². The summed E-state index contributed by atoms with van der Waals surface area (Å²) >= 11 is 0. The smallest absolute Gasteiger partial charge is 0.264 e. The molecule has 0 aromatic carbocycles. The lowest BCUT2D eigenvalue weighted by atomic mass is 10.1. The average Bonchev–Trinajstić information content (AvgIpc) is 3.16. The maximum atomic E-state index is 5.76. The van der Waals surface area contributed by atoms with Gasteiger partial charge in [0.15, 0.2) is 12.4 Å². The summed E-state index contributed by atoms with van der Waals surface area (Å²) in [6, 6.07) is 3.87. The lowest BCUT2D eigenvalue weighted by Crippen LogP contribution is -2.03. The molecule has 3 heterocycles. The van der Waals surface area contributed by atoms with E-state index in [4.69, 9.17) is 14.0 Å². The van der Waals surface area contributed by atoms with Crippen LogP contribution in [-0.4, -0.2) is 28.3 Å². The first-order valence-corrected chi connectivity index (χ1v) is 7.25. The molecule has 6 nitrogen and oxygen atoms in total. The molecule has 3 rings (SSSR count). The molecular weight excluding hydrogens is 270 g/mol. The second-order valence-corrected chi connectivity index (χ2v) is 5.15. The molecule has 1 aliphatic rings. The fraction of sp³-hybridized carbons (Fsp3) is 0.533. The highest BCUT2D eigenvalue weighted by molar-refractivity contribution is 5.29. The predicted octanol–water partition coefficient (Wildman–Crippen LogP) is 2.42. The Morgan fingerprint density at radius 3 is 3.00 bits per heavy atom. The first-order valence-electron chi connectivity index (χ1n) is 7.25. The lowest BCUT2D eigenvalue weighted by molar-refractivity contribution is 0.192. The molecule has 0 saturated carbocycles. The molecule has 1 fully saturated rings. The summed E-state index contributed by atoms with van der Waals surface area (Å²) in [5, 5.41) is 4.01. The van der Waals surface area contributed by atoms with Crippen molar-refractivity contribution in [3.8, 4) is 5.75 Å². The van der Waals surface area contributed by atoms with Gasteiger partial charge in [-0.1, -0.05) is 12.1 Å². The third-order valence-electron chi connectivity index (χ3n) is 3.54. The quantitative estimate of drug-likeness (QED) is 0.842. The highest BCUT2D eigenvalue weighted by atomic mass is 16.5. The van der Waals surface area contributed by atoms with E-state index >= 15 is 0 Å². The van der Waals surface area contributed by atoms with Crippen LogP contribution < -0.4 is 4.74 Å². The Morgan fingerprint density at radius 1 is 1.33 bits per heavy atom. The van der Waals surface area contributed by atoms with Crippen LogP contribution in [0.3, 0.4) is 0 Å². The van der Waals surface area contributed by atoms with Crippen molar-refractivity contribution in [2.45, 2.75) is 39.2 Å². The Morgan fingerprint density at radius 2 is 2.24 bits per heavy atom. The second kappa shape index (κ2) is 6.22. The zero-order chi connectivity index (χ0) is 14.7. The predicted molar refractivity (Wildman–Crippen MR) is 75.2 cm³/mol. The van der Waals surface area contributed by atoms with Gasteiger partial charge < -0.3 is 14.0 Å². The second-order valence-electron chi connectivity index (χ2n) is 5.15. The Bertz CT molecular complexity index is 606. The van der Waals surface area contributed by atoms with Crippen LogP contribution in [0.2, 0.25) is 0 Å². The summed E-state index contributed by atoms with van der Waals surface area (Å²) in [6.07, 6.45) is 1.77. The van der Waals surface area contributed by atoms with Crippen molar-refractivity contribution in [3.63, 3.8) is 0 Å². The van der Waals surface area contributed by atoms with E-state index in [1.165, 1.54) is 0 Å². The summed E-state index contributed by atoms with van der Waals surface area (Å²) in [6.45, 7) is 5.72. The summed E-state index contributed by atoms with van der Waals surface area (Å²) in [7, 11) is 0. The zero-order valence-corrected chi connectivity index (χ0v) is 12.3. The van der Waals surface area contributed by atoms with Crippen LogP contribution in [0, 0.1) is 6.92 Å². The minimum absolute atomic E-state index is 0.245. The molecule has 0 radical (unpaired) electrons. The van der Waals surface area contributed by atoms with Crippen molar-refractivity contribution < 1.29 is 14.0 Å². The summed E-state index contributed by atoms with van der Waals surface area (Å²) in [5.74, 6) is 2.21. The van der Waals surface area contributed by atoms with Crippen LogP contribution in [0.25, 0.3) is 0 Å². The molecule has 1 unspecified atom stereocenters. The van der Waals surface area contributed by atoms with Crippen LogP contribution in [0.1, 0.15) is 42.4 Å². The van der Waals surface area contributed by atoms with Gasteiger partial charge in [-0.3, -0.25) is 4.98 Å². The standard InChI is InChI=1S/C15H19N3O3/c1-3-12-13(5-4-10(2)16-12)20-9-14-17-15(18-21-14)11-6-7-19-8-11/h4-5,11H,3,6-9H2,1-2H3. The van der Waals surface area contributed by atoms with Crippen LogP contribution in [0.4, 0.5) is 0 Å². The van der Waals surface area contributed by atoms with E-state index in [1.54, 1.807) is 0 Å². The van der Waals surface area contributed by atoms with E-state index in [0.29, 0.717) is 18.3 Å². The SMILES string of the molecule is CCc1nc(C)ccc1OCc1nc(C2CCOC2)no1. The Labute approximate surface area is 123 Å². The fourth-order valence-corrected chi connectivity index (χ4v) is 2.35. The summed E-state index contributed by atoms with van der Waals surface area (Å²) in [4.78, 5) is 8.84. The first kappa shape index (κ1) is 14.0. The number of pyridine rings is 1. The molecular formula is C15H19N3O3. The minimum atomic E-state index is 0.245. The van der Waals surface area contributed by atoms with E-state index in [0.717, 1.165) is 36.6 Å². The number of nitrogens with zero attached hydrogens (tertiary/aromatic N) is 3. The lowest BCUT2D eigenvalue weighted by Gasteiger charge is -2.08. The van der Waals surface area contributed by atoms with Gasteiger partial charge in [0.25, 0.3) is 5.89 Å². The maximum absolute atomic E-state index is 5.76.